The standard InChI is InChI=1S/C21H39N2O9PS2/c1-8-30-18(26)21(13-31-15(2)24,17(25)12-34-19(27)20(3,4)5)14-32-33(28,29)35-11-16(9-22-6)10-23-7/h16,22-23H,8-14H2,1-7H3,(H,28,29). The van der Waals surface area contributed by atoms with Crippen LogP contribution in [-0.4, -0.2) is 86.2 Å². The summed E-state index contributed by atoms with van der Waals surface area (Å²) in [5.41, 5.74) is -2.94. The van der Waals surface area contributed by atoms with Crippen molar-refractivity contribution in [1.29, 1.82) is 0 Å². The van der Waals surface area contributed by atoms with Crippen LogP contribution in [-0.2, 0) is 37.7 Å². The van der Waals surface area contributed by atoms with Crippen molar-refractivity contribution in [2.24, 2.45) is 16.7 Å². The molecule has 0 aromatic rings. The SMILES string of the molecule is CCOC(=O)C(COC(C)=O)(COP(=O)(O)SCC(CNC)CNC)C(=O)CSC(=O)C(C)(C)C. The van der Waals surface area contributed by atoms with Crippen LogP contribution in [0.25, 0.3) is 0 Å². The Balaban J connectivity index is 5.80. The van der Waals surface area contributed by atoms with E-state index >= 15 is 0 Å². The topological polar surface area (TPSA) is 157 Å². The molecule has 2 unspecified atom stereocenters. The molecule has 0 rings (SSSR count). The molecule has 14 heteroatoms. The fraction of sp³-hybridized carbons (Fsp3) is 0.810. The zero-order valence-corrected chi connectivity index (χ0v) is 24.0. The van der Waals surface area contributed by atoms with Crippen LogP contribution in [0.15, 0.2) is 0 Å². The van der Waals surface area contributed by atoms with E-state index in [0.717, 1.165) is 6.92 Å². The van der Waals surface area contributed by atoms with Crippen LogP contribution in [0.1, 0.15) is 34.6 Å². The highest BCUT2D eigenvalue weighted by atomic mass is 32.7. The first-order valence-corrected chi connectivity index (χ1v) is 15.2. The molecule has 0 heterocycles. The summed E-state index contributed by atoms with van der Waals surface area (Å²) in [6.45, 7) is 2.82. The number of carbonyl (C=O) groups is 4. The first-order chi connectivity index (χ1) is 16.1. The molecule has 0 aliphatic rings. The number of ketones is 1. The maximum absolute atomic E-state index is 13.2. The average Bonchev–Trinajstić information content (AvgIpc) is 2.75. The van der Waals surface area contributed by atoms with Gasteiger partial charge in [-0.2, -0.15) is 0 Å². The first kappa shape index (κ1) is 34.0. The van der Waals surface area contributed by atoms with Gasteiger partial charge in [-0.15, -0.1) is 0 Å². The lowest BCUT2D eigenvalue weighted by molar-refractivity contribution is -0.168. The van der Waals surface area contributed by atoms with E-state index in [2.05, 4.69) is 10.6 Å². The van der Waals surface area contributed by atoms with Gasteiger partial charge in [0.15, 0.2) is 16.3 Å². The molecule has 0 amide bonds. The minimum Gasteiger partial charge on any atom is -0.465 e. The molecule has 0 radical (unpaired) electrons. The summed E-state index contributed by atoms with van der Waals surface area (Å²) in [5, 5.41) is 5.71. The minimum atomic E-state index is -4.31. The maximum Gasteiger partial charge on any atom is 0.386 e. The lowest BCUT2D eigenvalue weighted by Gasteiger charge is -2.30. The fourth-order valence-corrected chi connectivity index (χ4v) is 6.25. The number of nitrogens with one attached hydrogen (secondary N) is 2. The molecule has 0 aromatic carbocycles. The van der Waals surface area contributed by atoms with E-state index in [0.29, 0.717) is 36.2 Å². The normalized spacial score (nSPS) is 15.2. The molecule has 2 atom stereocenters. The Hall–Kier alpha value is -0.950. The Bertz CT molecular complexity index is 770. The maximum atomic E-state index is 13.2. The van der Waals surface area contributed by atoms with E-state index in [1.165, 1.54) is 6.92 Å². The third-order valence-corrected chi connectivity index (χ3v) is 9.03. The number of ether oxygens (including phenoxy) is 2. The molecule has 11 nitrogen and oxygen atoms in total. The van der Waals surface area contributed by atoms with Crippen LogP contribution in [0, 0.1) is 16.7 Å². The molecule has 0 spiro atoms. The molecule has 3 N–H and O–H groups in total. The molecular weight excluding hydrogens is 519 g/mol. The lowest BCUT2D eigenvalue weighted by atomic mass is 9.85. The summed E-state index contributed by atoms with van der Waals surface area (Å²) in [6.07, 6.45) is 0. The summed E-state index contributed by atoms with van der Waals surface area (Å²) >= 11 is 1.37. The van der Waals surface area contributed by atoms with Gasteiger partial charge in [-0.25, -0.2) is 4.57 Å². The molecular formula is C21H39N2O9PS2. The molecule has 0 aromatic heterocycles. The Morgan fingerprint density at radius 3 is 2.06 bits per heavy atom. The summed E-state index contributed by atoms with van der Waals surface area (Å²) in [5.74, 6) is -2.81. The van der Waals surface area contributed by atoms with Gasteiger partial charge in [-0.05, 0) is 51.4 Å². The Morgan fingerprint density at radius 2 is 1.60 bits per heavy atom. The molecule has 0 aliphatic carbocycles. The molecule has 0 saturated carbocycles. The van der Waals surface area contributed by atoms with Crippen molar-refractivity contribution in [3.63, 3.8) is 0 Å². The van der Waals surface area contributed by atoms with Gasteiger partial charge in [0.1, 0.15) is 6.61 Å². The molecule has 35 heavy (non-hydrogen) atoms. The van der Waals surface area contributed by atoms with Crippen molar-refractivity contribution in [1.82, 2.24) is 10.6 Å². The van der Waals surface area contributed by atoms with Gasteiger partial charge in [-0.3, -0.25) is 23.7 Å². The van der Waals surface area contributed by atoms with Crippen molar-refractivity contribution in [2.45, 2.75) is 34.6 Å². The van der Waals surface area contributed by atoms with Crippen molar-refractivity contribution < 1.29 is 42.6 Å². The van der Waals surface area contributed by atoms with Crippen molar-refractivity contribution >= 4 is 52.8 Å². The van der Waals surface area contributed by atoms with E-state index in [1.54, 1.807) is 34.9 Å². The first-order valence-electron chi connectivity index (χ1n) is 11.1. The molecule has 204 valence electrons. The van der Waals surface area contributed by atoms with Crippen molar-refractivity contribution in [3.05, 3.63) is 0 Å². The van der Waals surface area contributed by atoms with Gasteiger partial charge >= 0.3 is 18.7 Å². The second-order valence-electron chi connectivity index (χ2n) is 8.85. The smallest absolute Gasteiger partial charge is 0.386 e. The summed E-state index contributed by atoms with van der Waals surface area (Å²) in [4.78, 5) is 60.3. The number of hydrogen-bond donors (Lipinski definition) is 3. The van der Waals surface area contributed by atoms with Gasteiger partial charge in [0.05, 0.1) is 19.0 Å². The van der Waals surface area contributed by atoms with Crippen LogP contribution >= 0.6 is 29.9 Å². The average molecular weight is 559 g/mol. The zero-order chi connectivity index (χ0) is 27.3. The van der Waals surface area contributed by atoms with Crippen molar-refractivity contribution in [3.8, 4) is 0 Å². The highest BCUT2D eigenvalue weighted by Crippen LogP contribution is 2.57. The quantitative estimate of drug-likeness (QED) is 0.135. The third-order valence-electron chi connectivity index (χ3n) is 4.60. The second kappa shape index (κ2) is 16.0. The van der Waals surface area contributed by atoms with Crippen LogP contribution < -0.4 is 10.6 Å². The van der Waals surface area contributed by atoms with E-state index < -0.39 is 54.3 Å². The van der Waals surface area contributed by atoms with E-state index in [9.17, 15) is 28.6 Å². The largest absolute Gasteiger partial charge is 0.465 e. The molecule has 0 bridgehead atoms. The number of Topliss-reactive ketones (excluding diaryl/α,β-unsaturated/α-hetero) is 1. The molecule has 0 fully saturated rings. The Morgan fingerprint density at radius 1 is 1.03 bits per heavy atom. The van der Waals surface area contributed by atoms with Crippen LogP contribution in [0.4, 0.5) is 0 Å². The van der Waals surface area contributed by atoms with E-state index in [-0.39, 0.29) is 23.4 Å². The predicted molar refractivity (Wildman–Crippen MR) is 137 cm³/mol. The van der Waals surface area contributed by atoms with Crippen LogP contribution in [0.5, 0.6) is 0 Å². The number of rotatable bonds is 17. The highest BCUT2D eigenvalue weighted by molar-refractivity contribution is 8.54. The summed E-state index contributed by atoms with van der Waals surface area (Å²) < 4.78 is 28.0. The lowest BCUT2D eigenvalue weighted by Crippen LogP contribution is -2.49. The Labute approximate surface area is 215 Å². The predicted octanol–water partition coefficient (Wildman–Crippen LogP) is 1.88. The number of esters is 2. The third kappa shape index (κ3) is 12.7. The van der Waals surface area contributed by atoms with Gasteiger partial charge < -0.3 is 25.0 Å². The fourth-order valence-electron chi connectivity index (χ4n) is 2.61. The van der Waals surface area contributed by atoms with Gasteiger partial charge in [0.25, 0.3) is 0 Å². The summed E-state index contributed by atoms with van der Waals surface area (Å²) in [7, 11) is 3.53. The number of hydrogen-bond acceptors (Lipinski definition) is 12. The number of carbonyl (C=O) groups excluding carboxylic acids is 4. The number of thioether (sulfide) groups is 1. The minimum absolute atomic E-state index is 0.0105. The van der Waals surface area contributed by atoms with Crippen LogP contribution in [0.3, 0.4) is 0 Å². The zero-order valence-electron chi connectivity index (χ0n) is 21.5. The Kier molecular flexibility index (Phi) is 15.6. The van der Waals surface area contributed by atoms with E-state index in [4.69, 9.17) is 14.0 Å². The molecule has 0 aliphatic heterocycles. The summed E-state index contributed by atoms with van der Waals surface area (Å²) in [6, 6.07) is 0. The monoisotopic (exact) mass is 558 g/mol. The van der Waals surface area contributed by atoms with Crippen LogP contribution in [0.2, 0.25) is 0 Å². The highest BCUT2D eigenvalue weighted by Gasteiger charge is 2.50. The van der Waals surface area contributed by atoms with Gasteiger partial charge in [0.2, 0.25) is 0 Å². The van der Waals surface area contributed by atoms with Crippen molar-refractivity contribution in [2.75, 3.05) is 58.5 Å². The van der Waals surface area contributed by atoms with Gasteiger partial charge in [-0.1, -0.05) is 32.5 Å². The molecule has 0 saturated heterocycles. The van der Waals surface area contributed by atoms with Gasteiger partial charge in [0, 0.05) is 18.1 Å². The van der Waals surface area contributed by atoms with E-state index in [1.807, 2.05) is 0 Å². The second-order valence-corrected chi connectivity index (χ2v) is 13.7.